The van der Waals surface area contributed by atoms with Gasteiger partial charge in [0.15, 0.2) is 5.78 Å². The lowest BCUT2D eigenvalue weighted by atomic mass is 10.1. The Kier molecular flexibility index (Phi) is 28.1. The number of rotatable bonds is 30. The molecule has 0 bridgehead atoms. The van der Waals surface area contributed by atoms with Gasteiger partial charge < -0.3 is 51.7 Å². The predicted octanol–water partition coefficient (Wildman–Crippen LogP) is 1.06. The lowest BCUT2D eigenvalue weighted by Crippen LogP contribution is -2.50. The molecule has 0 spiro atoms. The molecule has 74 heavy (non-hydrogen) atoms. The molecule has 0 radical (unpaired) electrons. The third kappa shape index (κ3) is 26.1. The number of unbranched alkanes of at least 4 members (excludes halogenated alkanes) is 2. The molecule has 1 heterocycles. The Labute approximate surface area is 443 Å². The summed E-state index contributed by atoms with van der Waals surface area (Å²) in [6, 6.07) is 11.1. The molecule has 3 rings (SSSR count). The van der Waals surface area contributed by atoms with Crippen LogP contribution >= 0.6 is 22.6 Å². The van der Waals surface area contributed by atoms with Gasteiger partial charge in [-0.05, 0) is 103 Å². The number of ketones is 1. The van der Waals surface area contributed by atoms with Crippen molar-refractivity contribution in [2.75, 3.05) is 91.6 Å². The molecule has 0 unspecified atom stereocenters. The second kappa shape index (κ2) is 33.5. The maximum absolute atomic E-state index is 13.9. The topological polar surface area (TPSA) is 336 Å². The van der Waals surface area contributed by atoms with Crippen LogP contribution in [0.4, 0.5) is 4.79 Å². The number of nitrogens with zero attached hydrogens (tertiary/aromatic N) is 5. The Morgan fingerprint density at radius 2 is 1.05 bits per heavy atom. The van der Waals surface area contributed by atoms with Gasteiger partial charge in [-0.2, -0.15) is 0 Å². The Balaban J connectivity index is 1.48. The van der Waals surface area contributed by atoms with Crippen molar-refractivity contribution in [1.82, 2.24) is 45.8 Å². The first-order valence-corrected chi connectivity index (χ1v) is 25.5. The molecule has 5 amide bonds. The van der Waals surface area contributed by atoms with Crippen LogP contribution in [0.1, 0.15) is 79.8 Å². The number of carbonyl (C=O) groups excluding carboxylic acids is 5. The number of carboxylic acids is 5. The third-order valence-corrected chi connectivity index (χ3v) is 12.7. The highest BCUT2D eigenvalue weighted by atomic mass is 127. The standard InChI is InChI=1S/C49H70IN9O15/c1-34(60)39(16-17-43(63)64)53-49(74)54-40(48(72)73)6-3-5-19-59(29-36-10-14-38(50)15-11-36)47(71)37-12-8-35(9-13-37)28-52-41(61)7-2-4-18-51-42(62)30-55-20-22-56(31-44(65)66)24-26-58(33-46(69)70)27-25-57(23-21-55)32-45(67)68/h8-15,39-40H,2-7,16-33H2,1H3,(H,51,62)(H,52,61)(H,63,64)(H,65,66)(H,67,68)(H,69,70)(H,72,73)(H2,53,54,74)/t39-,40-/m1/s1. The van der Waals surface area contributed by atoms with E-state index < -0.39 is 53.7 Å². The van der Waals surface area contributed by atoms with Gasteiger partial charge in [-0.15, -0.1) is 0 Å². The van der Waals surface area contributed by atoms with E-state index in [9.17, 15) is 68.4 Å². The highest BCUT2D eigenvalue weighted by Gasteiger charge is 2.25. The largest absolute Gasteiger partial charge is 0.481 e. The van der Waals surface area contributed by atoms with Gasteiger partial charge in [-0.3, -0.25) is 58.0 Å². The Morgan fingerprint density at radius 3 is 1.54 bits per heavy atom. The van der Waals surface area contributed by atoms with E-state index >= 15 is 0 Å². The number of urea groups is 1. The van der Waals surface area contributed by atoms with Gasteiger partial charge >= 0.3 is 35.9 Å². The number of hydrogen-bond donors (Lipinski definition) is 9. The maximum atomic E-state index is 13.9. The van der Waals surface area contributed by atoms with Crippen LogP contribution in [0.2, 0.25) is 0 Å². The minimum Gasteiger partial charge on any atom is -0.481 e. The maximum Gasteiger partial charge on any atom is 0.326 e. The fourth-order valence-corrected chi connectivity index (χ4v) is 8.25. The monoisotopic (exact) mass is 1150 g/mol. The van der Waals surface area contributed by atoms with Crippen molar-refractivity contribution < 1.29 is 73.5 Å². The smallest absolute Gasteiger partial charge is 0.326 e. The molecule has 25 heteroatoms. The molecule has 9 N–H and O–H groups in total. The van der Waals surface area contributed by atoms with Crippen LogP contribution in [0.15, 0.2) is 48.5 Å². The highest BCUT2D eigenvalue weighted by molar-refractivity contribution is 14.1. The summed E-state index contributed by atoms with van der Waals surface area (Å²) < 4.78 is 1.01. The zero-order valence-electron chi connectivity index (χ0n) is 41.7. The van der Waals surface area contributed by atoms with Crippen LogP contribution in [0.3, 0.4) is 0 Å². The molecule has 24 nitrogen and oxygen atoms in total. The van der Waals surface area contributed by atoms with Gasteiger partial charge in [-0.25, -0.2) is 9.59 Å². The van der Waals surface area contributed by atoms with Crippen molar-refractivity contribution >= 4 is 82.0 Å². The second-order valence-corrected chi connectivity index (χ2v) is 19.3. The molecule has 0 saturated carbocycles. The van der Waals surface area contributed by atoms with Gasteiger partial charge in [-0.1, -0.05) is 24.3 Å². The molecule has 2 aromatic rings. The van der Waals surface area contributed by atoms with Crippen molar-refractivity contribution in [1.29, 1.82) is 0 Å². The van der Waals surface area contributed by atoms with Crippen LogP contribution in [0, 0.1) is 3.57 Å². The molecule has 408 valence electrons. The molecule has 2 atom stereocenters. The van der Waals surface area contributed by atoms with Gasteiger partial charge in [0.25, 0.3) is 5.91 Å². The highest BCUT2D eigenvalue weighted by Crippen LogP contribution is 2.16. The fraction of sp³-hybridized carbons (Fsp3) is 0.551. The van der Waals surface area contributed by atoms with Crippen molar-refractivity contribution in [3.63, 3.8) is 0 Å². The second-order valence-electron chi connectivity index (χ2n) is 18.0. The number of nitrogens with one attached hydrogen (secondary N) is 4. The summed E-state index contributed by atoms with van der Waals surface area (Å²) in [6.45, 7) is 3.61. The van der Waals surface area contributed by atoms with Crippen LogP contribution in [-0.4, -0.2) is 213 Å². The van der Waals surface area contributed by atoms with Crippen molar-refractivity contribution in [2.24, 2.45) is 0 Å². The SMILES string of the molecule is CC(=O)[C@@H](CCC(=O)O)NC(=O)N[C@H](CCCCN(Cc1ccc(I)cc1)C(=O)c1ccc(CNC(=O)CCCCNC(=O)CN2CCN(CC(=O)O)CCN(CC(=O)O)CCN(CC(=O)O)CC2)cc1)C(=O)O. The van der Waals surface area contributed by atoms with Crippen LogP contribution in [0.25, 0.3) is 0 Å². The number of carboxylic acid groups (broad SMARTS) is 5. The molecule has 2 aromatic carbocycles. The Hall–Kier alpha value is -6.29. The van der Waals surface area contributed by atoms with Crippen LogP contribution < -0.4 is 21.3 Å². The van der Waals surface area contributed by atoms with Crippen molar-refractivity contribution in [3.05, 3.63) is 68.8 Å². The minimum absolute atomic E-state index is 0.0179. The van der Waals surface area contributed by atoms with Crippen LogP contribution in [-0.2, 0) is 51.4 Å². The summed E-state index contributed by atoms with van der Waals surface area (Å²) in [4.78, 5) is 130. The summed E-state index contributed by atoms with van der Waals surface area (Å²) in [5.74, 6) is -6.83. The van der Waals surface area contributed by atoms with E-state index in [-0.39, 0.29) is 128 Å². The van der Waals surface area contributed by atoms with E-state index in [1.54, 1.807) is 43.9 Å². The summed E-state index contributed by atoms with van der Waals surface area (Å²) in [5.41, 5.74) is 2.02. The fourth-order valence-electron chi connectivity index (χ4n) is 7.89. The quantitative estimate of drug-likeness (QED) is 0.0390. The summed E-state index contributed by atoms with van der Waals surface area (Å²) >= 11 is 2.18. The number of hydrogen-bond acceptors (Lipinski definition) is 14. The average molecular weight is 1150 g/mol. The number of aliphatic carboxylic acids is 5. The lowest BCUT2D eigenvalue weighted by molar-refractivity contribution is -0.140. The van der Waals surface area contributed by atoms with Gasteiger partial charge in [0.1, 0.15) is 6.04 Å². The molecule has 1 saturated heterocycles. The minimum atomic E-state index is -1.31. The first kappa shape index (κ1) is 62.0. The van der Waals surface area contributed by atoms with Crippen molar-refractivity contribution in [3.8, 4) is 0 Å². The summed E-state index contributed by atoms with van der Waals surface area (Å²) in [7, 11) is 0. The molecule has 0 aliphatic carbocycles. The van der Waals surface area contributed by atoms with E-state index in [4.69, 9.17) is 5.11 Å². The first-order valence-electron chi connectivity index (χ1n) is 24.4. The van der Waals surface area contributed by atoms with Gasteiger partial charge in [0.2, 0.25) is 11.8 Å². The van der Waals surface area contributed by atoms with Crippen LogP contribution in [0.5, 0.6) is 0 Å². The molecule has 1 fully saturated rings. The zero-order valence-corrected chi connectivity index (χ0v) is 43.8. The Bertz CT molecular complexity index is 2170. The summed E-state index contributed by atoms with van der Waals surface area (Å²) in [5, 5.41) is 57.4. The van der Waals surface area contributed by atoms with E-state index in [2.05, 4.69) is 43.9 Å². The number of Topliss-reactive ketones (excluding diaryl/α,β-unsaturated/α-hetero) is 1. The molecule has 0 aromatic heterocycles. The van der Waals surface area contributed by atoms with Gasteiger partial charge in [0, 0.05) is 101 Å². The molecule has 1 aliphatic rings. The van der Waals surface area contributed by atoms with Gasteiger partial charge in [0.05, 0.1) is 32.2 Å². The van der Waals surface area contributed by atoms with E-state index in [1.807, 2.05) is 29.2 Å². The lowest BCUT2D eigenvalue weighted by Gasteiger charge is -2.32. The Morgan fingerprint density at radius 1 is 0.554 bits per heavy atom. The number of amides is 5. The first-order chi connectivity index (χ1) is 35.2. The summed E-state index contributed by atoms with van der Waals surface area (Å²) in [6.07, 6.45) is 1.39. The number of carbonyl (C=O) groups is 10. The average Bonchev–Trinajstić information content (AvgIpc) is 3.33. The number of benzene rings is 2. The van der Waals surface area contributed by atoms with E-state index in [0.29, 0.717) is 50.9 Å². The third-order valence-electron chi connectivity index (χ3n) is 12.0. The molecular weight excluding hydrogens is 1080 g/mol. The van der Waals surface area contributed by atoms with E-state index in [0.717, 1.165) is 14.7 Å². The molecular formula is C49H70IN9O15. The molecule has 1 aliphatic heterocycles. The predicted molar refractivity (Wildman–Crippen MR) is 276 cm³/mol. The van der Waals surface area contributed by atoms with E-state index in [1.165, 1.54) is 6.92 Å². The number of halogens is 1. The zero-order chi connectivity index (χ0) is 54.6. The normalized spacial score (nSPS) is 15.0. The van der Waals surface area contributed by atoms with Crippen molar-refractivity contribution in [2.45, 2.75) is 83.5 Å².